The van der Waals surface area contributed by atoms with Crippen molar-refractivity contribution < 1.29 is 18.6 Å². The van der Waals surface area contributed by atoms with Gasteiger partial charge in [-0.1, -0.05) is 11.3 Å². The van der Waals surface area contributed by atoms with Gasteiger partial charge in [0.1, 0.15) is 5.82 Å². The third-order valence-electron chi connectivity index (χ3n) is 5.24. The summed E-state index contributed by atoms with van der Waals surface area (Å²) in [6, 6.07) is 1.60. The van der Waals surface area contributed by atoms with Crippen LogP contribution in [0.5, 0.6) is 0 Å². The van der Waals surface area contributed by atoms with Crippen molar-refractivity contribution in [2.45, 2.75) is 38.5 Å². The number of hydrogen-bond donors (Lipinski definition) is 4. The van der Waals surface area contributed by atoms with Crippen LogP contribution in [0.4, 0.5) is 15.7 Å². The standard InChI is InChI=1S/C19H30N6O4S2/c1-6-20-17(26)24-18-21-10-13(30-18)16-22-14(19(3,4)31(5,27)28)9-15(23-16)25-7-8-29-11-12(25)2/h9-10,12,27-28H,6-8,11H2,1-5H3,(H2,20,21,24,26)/t12-/m0/s1. The molecule has 0 aliphatic carbocycles. The normalized spacial score (nSPS) is 18.0. The van der Waals surface area contributed by atoms with E-state index in [4.69, 9.17) is 9.72 Å². The first-order valence-corrected chi connectivity index (χ1v) is 12.8. The molecule has 0 radical (unpaired) electrons. The Morgan fingerprint density at radius 1 is 1.42 bits per heavy atom. The highest BCUT2D eigenvalue weighted by Gasteiger charge is 2.36. The number of urea groups is 1. The van der Waals surface area contributed by atoms with Gasteiger partial charge in [-0.3, -0.25) is 14.4 Å². The maximum Gasteiger partial charge on any atom is 0.321 e. The van der Waals surface area contributed by atoms with Gasteiger partial charge in [0.05, 0.1) is 40.8 Å². The number of aromatic nitrogens is 3. The van der Waals surface area contributed by atoms with Gasteiger partial charge in [0.25, 0.3) is 0 Å². The van der Waals surface area contributed by atoms with Crippen molar-refractivity contribution in [1.29, 1.82) is 0 Å². The van der Waals surface area contributed by atoms with Gasteiger partial charge in [-0.2, -0.15) is 10.6 Å². The van der Waals surface area contributed by atoms with Crippen LogP contribution in [0.3, 0.4) is 0 Å². The minimum absolute atomic E-state index is 0.117. The van der Waals surface area contributed by atoms with Gasteiger partial charge in [-0.25, -0.2) is 19.7 Å². The molecule has 10 nitrogen and oxygen atoms in total. The molecule has 172 valence electrons. The molecule has 3 heterocycles. The van der Waals surface area contributed by atoms with E-state index < -0.39 is 15.3 Å². The average Bonchev–Trinajstić information content (AvgIpc) is 3.15. The number of hydrogen-bond acceptors (Lipinski definition) is 9. The minimum atomic E-state index is -2.94. The molecule has 1 aliphatic rings. The first-order chi connectivity index (χ1) is 14.5. The smallest absolute Gasteiger partial charge is 0.321 e. The molecular weight excluding hydrogens is 440 g/mol. The fraction of sp³-hybridized carbons (Fsp3) is 0.579. The Balaban J connectivity index is 2.03. The van der Waals surface area contributed by atoms with Gasteiger partial charge in [0, 0.05) is 25.4 Å². The third kappa shape index (κ3) is 5.26. The van der Waals surface area contributed by atoms with E-state index in [-0.39, 0.29) is 12.1 Å². The number of nitrogens with one attached hydrogen (secondary N) is 2. The monoisotopic (exact) mass is 470 g/mol. The zero-order chi connectivity index (χ0) is 22.8. The SMILES string of the molecule is CCNC(=O)Nc1ncc(-c2nc(N3CCOC[C@@H]3C)cc(C(C)(C)S(C)(O)O)n2)s1. The lowest BCUT2D eigenvalue weighted by Gasteiger charge is -2.43. The van der Waals surface area contributed by atoms with Crippen LogP contribution in [-0.2, 0) is 9.48 Å². The largest absolute Gasteiger partial charge is 0.377 e. The Morgan fingerprint density at radius 3 is 2.81 bits per heavy atom. The van der Waals surface area contributed by atoms with Gasteiger partial charge < -0.3 is 15.0 Å². The Labute approximate surface area is 187 Å². The minimum Gasteiger partial charge on any atom is -0.377 e. The molecule has 2 aromatic rings. The Morgan fingerprint density at radius 2 is 2.16 bits per heavy atom. The Hall–Kier alpha value is -1.99. The lowest BCUT2D eigenvalue weighted by atomic mass is 10.1. The molecule has 2 aromatic heterocycles. The number of anilines is 2. The van der Waals surface area contributed by atoms with Gasteiger partial charge in [0.2, 0.25) is 0 Å². The maximum absolute atomic E-state index is 11.8. The number of morpholine rings is 1. The van der Waals surface area contributed by atoms with E-state index in [1.807, 2.05) is 13.0 Å². The second kappa shape index (κ2) is 9.25. The number of ether oxygens (including phenoxy) is 1. The summed E-state index contributed by atoms with van der Waals surface area (Å²) in [7, 11) is -2.94. The number of amides is 2. The zero-order valence-electron chi connectivity index (χ0n) is 18.4. The molecule has 1 aliphatic heterocycles. The van der Waals surface area contributed by atoms with E-state index in [2.05, 4.69) is 32.4 Å². The molecular formula is C19H30N6O4S2. The highest BCUT2D eigenvalue weighted by atomic mass is 32.3. The quantitative estimate of drug-likeness (QED) is 0.503. The highest BCUT2D eigenvalue weighted by Crippen LogP contribution is 2.55. The molecule has 0 unspecified atom stereocenters. The number of carbonyl (C=O) groups is 1. The van der Waals surface area contributed by atoms with Crippen LogP contribution in [0.15, 0.2) is 12.3 Å². The fourth-order valence-corrected chi connectivity index (χ4v) is 4.25. The second-order valence-corrected chi connectivity index (χ2v) is 11.6. The average molecular weight is 471 g/mol. The first-order valence-electron chi connectivity index (χ1n) is 10.0. The second-order valence-electron chi connectivity index (χ2n) is 7.91. The fourth-order valence-electron chi connectivity index (χ4n) is 3.00. The number of carbonyl (C=O) groups excluding carboxylic acids is 1. The van der Waals surface area contributed by atoms with Crippen molar-refractivity contribution in [3.05, 3.63) is 18.0 Å². The van der Waals surface area contributed by atoms with Gasteiger partial charge in [-0.05, 0) is 27.7 Å². The molecule has 0 saturated carbocycles. The Kier molecular flexibility index (Phi) is 7.06. The summed E-state index contributed by atoms with van der Waals surface area (Å²) in [6.45, 7) is 9.77. The van der Waals surface area contributed by atoms with E-state index in [0.717, 1.165) is 0 Å². The molecule has 1 saturated heterocycles. The summed E-state index contributed by atoms with van der Waals surface area (Å²) in [5.41, 5.74) is 0.528. The third-order valence-corrected chi connectivity index (χ3v) is 8.29. The first kappa shape index (κ1) is 23.7. The maximum atomic E-state index is 11.8. The van der Waals surface area contributed by atoms with Crippen molar-refractivity contribution in [3.8, 4) is 10.7 Å². The lowest BCUT2D eigenvalue weighted by Crippen LogP contribution is -2.44. The lowest BCUT2D eigenvalue weighted by molar-refractivity contribution is 0.0985. The zero-order valence-corrected chi connectivity index (χ0v) is 20.0. The van der Waals surface area contributed by atoms with Crippen LogP contribution in [0.2, 0.25) is 0 Å². The predicted octanol–water partition coefficient (Wildman–Crippen LogP) is 3.58. The predicted molar refractivity (Wildman–Crippen MR) is 125 cm³/mol. The summed E-state index contributed by atoms with van der Waals surface area (Å²) in [5.74, 6) is 1.11. The molecule has 0 aromatic carbocycles. The molecule has 0 bridgehead atoms. The van der Waals surface area contributed by atoms with Crippen molar-refractivity contribution >= 4 is 38.9 Å². The highest BCUT2D eigenvalue weighted by molar-refractivity contribution is 8.24. The van der Waals surface area contributed by atoms with Crippen LogP contribution in [0, 0.1) is 0 Å². The summed E-state index contributed by atoms with van der Waals surface area (Å²) in [4.78, 5) is 28.3. The topological polar surface area (TPSA) is 133 Å². The van der Waals surface area contributed by atoms with E-state index in [9.17, 15) is 13.9 Å². The van der Waals surface area contributed by atoms with Crippen molar-refractivity contribution in [2.75, 3.05) is 42.8 Å². The molecule has 3 rings (SSSR count). The van der Waals surface area contributed by atoms with Crippen molar-refractivity contribution in [3.63, 3.8) is 0 Å². The number of thiazole rings is 1. The summed E-state index contributed by atoms with van der Waals surface area (Å²) in [6.07, 6.45) is 3.03. The molecule has 2 amide bonds. The van der Waals surface area contributed by atoms with Crippen LogP contribution in [0.25, 0.3) is 10.7 Å². The molecule has 1 atom stereocenters. The van der Waals surface area contributed by atoms with Crippen LogP contribution >= 0.6 is 21.9 Å². The molecule has 1 fully saturated rings. The van der Waals surface area contributed by atoms with Gasteiger partial charge in [0.15, 0.2) is 11.0 Å². The summed E-state index contributed by atoms with van der Waals surface area (Å²) < 4.78 is 25.5. The van der Waals surface area contributed by atoms with Gasteiger partial charge in [-0.15, -0.1) is 0 Å². The van der Waals surface area contributed by atoms with Crippen LogP contribution in [-0.4, -0.2) is 68.7 Å². The van der Waals surface area contributed by atoms with E-state index in [1.54, 1.807) is 20.0 Å². The van der Waals surface area contributed by atoms with Crippen LogP contribution < -0.4 is 15.5 Å². The molecule has 12 heteroatoms. The van der Waals surface area contributed by atoms with E-state index in [0.29, 0.717) is 53.6 Å². The molecule has 31 heavy (non-hydrogen) atoms. The Bertz CT molecular complexity index is 930. The molecule has 0 spiro atoms. The van der Waals surface area contributed by atoms with Gasteiger partial charge >= 0.3 is 6.03 Å². The number of rotatable bonds is 6. The summed E-state index contributed by atoms with van der Waals surface area (Å²) >= 11 is 1.25. The van der Waals surface area contributed by atoms with Crippen molar-refractivity contribution in [2.24, 2.45) is 0 Å². The van der Waals surface area contributed by atoms with Crippen LogP contribution in [0.1, 0.15) is 33.4 Å². The van der Waals surface area contributed by atoms with E-state index >= 15 is 0 Å². The van der Waals surface area contributed by atoms with Crippen molar-refractivity contribution in [1.82, 2.24) is 20.3 Å². The molecule has 4 N–H and O–H groups in total. The number of nitrogens with zero attached hydrogens (tertiary/aromatic N) is 4. The summed E-state index contributed by atoms with van der Waals surface area (Å²) in [5, 5.41) is 5.77. The van der Waals surface area contributed by atoms with E-state index in [1.165, 1.54) is 17.6 Å².